The summed E-state index contributed by atoms with van der Waals surface area (Å²) in [5, 5.41) is 1.32. The molecule has 4 rings (SSSR count). The van der Waals surface area contributed by atoms with E-state index in [2.05, 4.69) is 23.1 Å². The molecular weight excluding hydrogens is 392 g/mol. The van der Waals surface area contributed by atoms with E-state index < -0.39 is 0 Å². The molecule has 142 valence electrons. The van der Waals surface area contributed by atoms with Crippen LogP contribution < -0.4 is 9.47 Å². The Morgan fingerprint density at radius 2 is 1.96 bits per heavy atom. The SMILES string of the molecule is CCN1C(=O)/C(=C2\C=Cc3ccccc3N2C)SC1=Nc1ccc(Cl)c[n+]1C. The molecule has 0 unspecified atom stereocenters. The van der Waals surface area contributed by atoms with Crippen molar-refractivity contribution >= 4 is 52.0 Å². The minimum atomic E-state index is -0.0197. The molecule has 2 aliphatic heterocycles. The van der Waals surface area contributed by atoms with Gasteiger partial charge in [-0.15, -0.1) is 0 Å². The van der Waals surface area contributed by atoms with Crippen molar-refractivity contribution in [3.05, 3.63) is 69.9 Å². The first kappa shape index (κ1) is 18.8. The van der Waals surface area contributed by atoms with Gasteiger partial charge in [0.25, 0.3) is 11.1 Å². The fourth-order valence-electron chi connectivity index (χ4n) is 3.28. The van der Waals surface area contributed by atoms with Crippen LogP contribution >= 0.6 is 23.4 Å². The third-order valence-electron chi connectivity index (χ3n) is 4.77. The van der Waals surface area contributed by atoms with Crippen molar-refractivity contribution in [3.63, 3.8) is 0 Å². The van der Waals surface area contributed by atoms with E-state index in [-0.39, 0.29) is 5.91 Å². The van der Waals surface area contributed by atoms with Crippen LogP contribution in [0.2, 0.25) is 5.02 Å². The Kier molecular flexibility index (Phi) is 5.00. The molecule has 2 aliphatic rings. The number of hydrogen-bond acceptors (Lipinski definition) is 4. The molecule has 1 fully saturated rings. The van der Waals surface area contributed by atoms with Crippen LogP contribution in [-0.4, -0.2) is 29.6 Å². The highest BCUT2D eigenvalue weighted by Gasteiger charge is 2.39. The first-order valence-corrected chi connectivity index (χ1v) is 10.2. The Labute approximate surface area is 173 Å². The van der Waals surface area contributed by atoms with Crippen molar-refractivity contribution in [2.24, 2.45) is 12.0 Å². The molecule has 0 N–H and O–H groups in total. The second kappa shape index (κ2) is 7.45. The van der Waals surface area contributed by atoms with Crippen LogP contribution in [0.25, 0.3) is 6.08 Å². The molecule has 1 aromatic heterocycles. The summed E-state index contributed by atoms with van der Waals surface area (Å²) in [7, 11) is 3.88. The molecule has 0 saturated carbocycles. The molecule has 3 heterocycles. The van der Waals surface area contributed by atoms with Crippen LogP contribution in [-0.2, 0) is 11.8 Å². The highest BCUT2D eigenvalue weighted by molar-refractivity contribution is 8.18. The van der Waals surface area contributed by atoms with Crippen molar-refractivity contribution in [2.75, 3.05) is 18.5 Å². The maximum atomic E-state index is 13.1. The van der Waals surface area contributed by atoms with Gasteiger partial charge in [0.05, 0.1) is 17.8 Å². The number of amidine groups is 1. The highest BCUT2D eigenvalue weighted by Crippen LogP contribution is 2.39. The van der Waals surface area contributed by atoms with E-state index in [1.807, 2.05) is 49.9 Å². The number of aryl methyl sites for hydroxylation is 1. The fourth-order valence-corrected chi connectivity index (χ4v) is 4.64. The quantitative estimate of drug-likeness (QED) is 0.551. The third kappa shape index (κ3) is 3.23. The van der Waals surface area contributed by atoms with Crippen LogP contribution in [0.1, 0.15) is 12.5 Å². The number of thioether (sulfide) groups is 1. The molecule has 1 aromatic carbocycles. The maximum absolute atomic E-state index is 13.1. The van der Waals surface area contributed by atoms with Crippen molar-refractivity contribution in [2.45, 2.75) is 6.92 Å². The predicted molar refractivity (Wildman–Crippen MR) is 116 cm³/mol. The molecule has 0 bridgehead atoms. The van der Waals surface area contributed by atoms with Crippen LogP contribution in [0.3, 0.4) is 0 Å². The normalized spacial score (nSPS) is 20.3. The number of aromatic nitrogens is 1. The van der Waals surface area contributed by atoms with E-state index in [1.165, 1.54) is 11.8 Å². The van der Waals surface area contributed by atoms with E-state index in [0.717, 1.165) is 22.8 Å². The lowest BCUT2D eigenvalue weighted by molar-refractivity contribution is -0.658. The second-order valence-electron chi connectivity index (χ2n) is 6.53. The van der Waals surface area contributed by atoms with Crippen LogP contribution in [0, 0.1) is 0 Å². The molecule has 5 nitrogen and oxygen atoms in total. The van der Waals surface area contributed by atoms with Crippen LogP contribution in [0.5, 0.6) is 0 Å². The van der Waals surface area contributed by atoms with E-state index >= 15 is 0 Å². The molecule has 1 amide bonds. The maximum Gasteiger partial charge on any atom is 0.326 e. The zero-order valence-electron chi connectivity index (χ0n) is 15.9. The number of amides is 1. The van der Waals surface area contributed by atoms with Gasteiger partial charge in [0.2, 0.25) is 0 Å². The standard InChI is InChI=1S/C21H20ClN4OS/c1-4-26-20(27)19(17-11-9-14-7-5-6-8-16(14)25(17)3)28-21(26)23-18-12-10-15(22)13-24(18)2/h5-13H,4H2,1-3H3/q+1/b19-17-. The minimum Gasteiger partial charge on any atom is -0.343 e. The second-order valence-corrected chi connectivity index (χ2v) is 7.94. The number of anilines is 1. The number of aliphatic imine (C=N–C) groups is 1. The van der Waals surface area contributed by atoms with Crippen molar-refractivity contribution < 1.29 is 9.36 Å². The van der Waals surface area contributed by atoms with Gasteiger partial charge < -0.3 is 4.90 Å². The van der Waals surface area contributed by atoms with E-state index in [4.69, 9.17) is 16.6 Å². The number of nitrogens with zero attached hydrogens (tertiary/aromatic N) is 4. The van der Waals surface area contributed by atoms with Crippen LogP contribution in [0.15, 0.2) is 64.3 Å². The Balaban J connectivity index is 1.76. The van der Waals surface area contributed by atoms with E-state index in [1.54, 1.807) is 17.2 Å². The number of pyridine rings is 1. The lowest BCUT2D eigenvalue weighted by atomic mass is 10.1. The van der Waals surface area contributed by atoms with Crippen molar-refractivity contribution in [1.82, 2.24) is 4.90 Å². The first-order valence-electron chi connectivity index (χ1n) is 8.98. The summed E-state index contributed by atoms with van der Waals surface area (Å²) in [6.45, 7) is 2.52. The number of fused-ring (bicyclic) bond motifs is 1. The number of likely N-dealkylation sites (N-methyl/N-ethyl adjacent to an activating group) is 2. The Bertz CT molecular complexity index is 1060. The minimum absolute atomic E-state index is 0.0197. The first-order chi connectivity index (χ1) is 13.5. The monoisotopic (exact) mass is 411 g/mol. The van der Waals surface area contributed by atoms with Crippen LogP contribution in [0.4, 0.5) is 11.5 Å². The average molecular weight is 412 g/mol. The van der Waals surface area contributed by atoms with Gasteiger partial charge >= 0.3 is 5.82 Å². The summed E-state index contributed by atoms with van der Waals surface area (Å²) in [5.74, 6) is 0.719. The molecular formula is C21H20ClN4OS+. The lowest BCUT2D eigenvalue weighted by Crippen LogP contribution is -2.31. The number of allylic oxidation sites excluding steroid dienone is 1. The third-order valence-corrected chi connectivity index (χ3v) is 6.08. The number of carbonyl (C=O) groups excluding carboxylic acids is 1. The summed E-state index contributed by atoms with van der Waals surface area (Å²) in [5.41, 5.74) is 3.11. The van der Waals surface area contributed by atoms with E-state index in [9.17, 15) is 4.79 Å². The Morgan fingerprint density at radius 1 is 1.18 bits per heavy atom. The Hall–Kier alpha value is -2.57. The molecule has 7 heteroatoms. The van der Waals surface area contributed by atoms with E-state index in [0.29, 0.717) is 21.6 Å². The highest BCUT2D eigenvalue weighted by atomic mass is 35.5. The summed E-state index contributed by atoms with van der Waals surface area (Å²) in [6.07, 6.45) is 5.85. The number of halogens is 1. The molecule has 2 aromatic rings. The number of hydrogen-bond donors (Lipinski definition) is 0. The lowest BCUT2D eigenvalue weighted by Gasteiger charge is -2.27. The molecule has 1 saturated heterocycles. The molecule has 0 aliphatic carbocycles. The topological polar surface area (TPSA) is 39.8 Å². The van der Waals surface area contributed by atoms with Gasteiger partial charge in [-0.3, -0.25) is 9.69 Å². The molecule has 0 spiro atoms. The fraction of sp³-hybridized carbons (Fsp3) is 0.190. The molecule has 28 heavy (non-hydrogen) atoms. The number of benzene rings is 1. The number of carbonyl (C=O) groups is 1. The molecule has 0 radical (unpaired) electrons. The zero-order chi connectivity index (χ0) is 19.8. The largest absolute Gasteiger partial charge is 0.343 e. The average Bonchev–Trinajstić information content (AvgIpc) is 2.99. The summed E-state index contributed by atoms with van der Waals surface area (Å²) < 4.78 is 1.85. The van der Waals surface area contributed by atoms with Gasteiger partial charge in [-0.1, -0.05) is 35.9 Å². The number of para-hydroxylation sites is 1. The van der Waals surface area contributed by atoms with Crippen molar-refractivity contribution in [1.29, 1.82) is 0 Å². The van der Waals surface area contributed by atoms with Gasteiger partial charge in [0.1, 0.15) is 11.1 Å². The van der Waals surface area contributed by atoms with Gasteiger partial charge in [-0.05, 0) is 47.5 Å². The predicted octanol–water partition coefficient (Wildman–Crippen LogP) is 4.12. The Morgan fingerprint density at radius 3 is 2.71 bits per heavy atom. The van der Waals surface area contributed by atoms with Gasteiger partial charge in [-0.25, -0.2) is 4.57 Å². The van der Waals surface area contributed by atoms with Gasteiger partial charge in [0, 0.05) is 25.3 Å². The molecule has 0 atom stereocenters. The smallest absolute Gasteiger partial charge is 0.326 e. The van der Waals surface area contributed by atoms with Gasteiger partial charge in [0.15, 0.2) is 0 Å². The number of rotatable bonds is 2. The van der Waals surface area contributed by atoms with Gasteiger partial charge in [-0.2, -0.15) is 0 Å². The zero-order valence-corrected chi connectivity index (χ0v) is 17.5. The summed E-state index contributed by atoms with van der Waals surface area (Å²) in [4.78, 5) is 22.3. The summed E-state index contributed by atoms with van der Waals surface area (Å²) >= 11 is 7.45. The summed E-state index contributed by atoms with van der Waals surface area (Å²) in [6, 6.07) is 11.8. The van der Waals surface area contributed by atoms with Crippen molar-refractivity contribution in [3.8, 4) is 0 Å².